The molecule has 1 fully saturated rings. The number of nitrogens with zero attached hydrogens (tertiary/aromatic N) is 2. The van der Waals surface area contributed by atoms with Crippen LogP contribution in [0.25, 0.3) is 0 Å². The molecule has 0 aliphatic carbocycles. The molecule has 0 amide bonds. The van der Waals surface area contributed by atoms with E-state index in [0.717, 1.165) is 38.4 Å². The summed E-state index contributed by atoms with van der Waals surface area (Å²) in [6.45, 7) is 9.47. The summed E-state index contributed by atoms with van der Waals surface area (Å²) in [6, 6.07) is 0. The summed E-state index contributed by atoms with van der Waals surface area (Å²) in [5.74, 6) is 0. The normalized spacial score (nSPS) is 24.8. The monoisotopic (exact) mass is 297 g/mol. The van der Waals surface area contributed by atoms with Gasteiger partial charge in [-0.05, 0) is 39.3 Å². The molecule has 20 heavy (non-hydrogen) atoms. The van der Waals surface area contributed by atoms with Crippen LogP contribution in [0.15, 0.2) is 5.38 Å². The van der Waals surface area contributed by atoms with Crippen LogP contribution in [0.5, 0.6) is 0 Å². The first-order valence-electron chi connectivity index (χ1n) is 7.59. The average molecular weight is 297 g/mol. The van der Waals surface area contributed by atoms with Crippen molar-refractivity contribution in [3.05, 3.63) is 16.1 Å². The molecular weight excluding hydrogens is 270 g/mol. The van der Waals surface area contributed by atoms with Gasteiger partial charge in [0, 0.05) is 31.3 Å². The van der Waals surface area contributed by atoms with Crippen LogP contribution in [0.2, 0.25) is 0 Å². The summed E-state index contributed by atoms with van der Waals surface area (Å²) in [4.78, 5) is 7.32. The van der Waals surface area contributed by atoms with E-state index in [4.69, 9.17) is 9.72 Å². The second kappa shape index (κ2) is 7.50. The predicted octanol–water partition coefficient (Wildman–Crippen LogP) is 2.39. The van der Waals surface area contributed by atoms with E-state index in [9.17, 15) is 0 Å². The summed E-state index contributed by atoms with van der Waals surface area (Å²) >= 11 is 1.80. The largest absolute Gasteiger partial charge is 0.383 e. The van der Waals surface area contributed by atoms with E-state index >= 15 is 0 Å². The lowest BCUT2D eigenvalue weighted by Crippen LogP contribution is -2.44. The highest BCUT2D eigenvalue weighted by atomic mass is 32.1. The Hall–Kier alpha value is -0.490. The van der Waals surface area contributed by atoms with Crippen LogP contribution >= 0.6 is 11.3 Å². The third kappa shape index (κ3) is 3.79. The van der Waals surface area contributed by atoms with Gasteiger partial charge in [-0.1, -0.05) is 6.92 Å². The number of thiazole rings is 1. The molecule has 5 heteroatoms. The maximum atomic E-state index is 5.20. The third-order valence-electron chi connectivity index (χ3n) is 4.18. The number of likely N-dealkylation sites (tertiary alicyclic amines) is 1. The molecule has 114 valence electrons. The van der Waals surface area contributed by atoms with Crippen molar-refractivity contribution in [3.8, 4) is 0 Å². The van der Waals surface area contributed by atoms with Crippen molar-refractivity contribution in [3.63, 3.8) is 0 Å². The van der Waals surface area contributed by atoms with Crippen LogP contribution in [0.3, 0.4) is 0 Å². The Labute approximate surface area is 126 Å². The smallest absolute Gasteiger partial charge is 0.113 e. The van der Waals surface area contributed by atoms with Crippen LogP contribution in [0.4, 0.5) is 0 Å². The molecule has 1 aromatic heterocycles. The number of ether oxygens (including phenoxy) is 1. The van der Waals surface area contributed by atoms with Gasteiger partial charge < -0.3 is 15.0 Å². The summed E-state index contributed by atoms with van der Waals surface area (Å²) in [5, 5.41) is 7.16. The summed E-state index contributed by atoms with van der Waals surface area (Å²) in [6.07, 6.45) is 3.53. The van der Waals surface area contributed by atoms with Crippen LogP contribution in [-0.2, 0) is 10.3 Å². The zero-order valence-electron chi connectivity index (χ0n) is 12.9. The van der Waals surface area contributed by atoms with E-state index < -0.39 is 0 Å². The Morgan fingerprint density at radius 3 is 2.95 bits per heavy atom. The van der Waals surface area contributed by atoms with Gasteiger partial charge in [0.25, 0.3) is 0 Å². The second-order valence-corrected chi connectivity index (χ2v) is 6.44. The quantitative estimate of drug-likeness (QED) is 0.818. The van der Waals surface area contributed by atoms with Gasteiger partial charge in [0.05, 0.1) is 12.1 Å². The molecule has 0 saturated carbocycles. The SMILES string of the molecule is CCN1CCCC(NCCOC)(c2nc(C)cs2)CC1. The van der Waals surface area contributed by atoms with Crippen LogP contribution in [0, 0.1) is 6.92 Å². The molecule has 1 N–H and O–H groups in total. The number of methoxy groups -OCH3 is 1. The number of hydrogen-bond acceptors (Lipinski definition) is 5. The first-order valence-corrected chi connectivity index (χ1v) is 8.47. The van der Waals surface area contributed by atoms with Crippen molar-refractivity contribution in [1.82, 2.24) is 15.2 Å². The van der Waals surface area contributed by atoms with Crippen LogP contribution in [-0.4, -0.2) is 49.8 Å². The van der Waals surface area contributed by atoms with Gasteiger partial charge >= 0.3 is 0 Å². The van der Waals surface area contributed by atoms with Crippen molar-refractivity contribution in [2.45, 2.75) is 38.6 Å². The standard InChI is InChI=1S/C15H27N3OS/c1-4-18-9-5-6-15(7-10-18,16-8-11-19-3)14-17-13(2)12-20-14/h12,16H,4-11H2,1-3H3. The average Bonchev–Trinajstić information content (AvgIpc) is 2.78. The Balaban J connectivity index is 2.15. The number of nitrogens with one attached hydrogen (secondary N) is 1. The van der Waals surface area contributed by atoms with E-state index in [-0.39, 0.29) is 5.54 Å². The summed E-state index contributed by atoms with van der Waals surface area (Å²) in [7, 11) is 1.76. The molecule has 1 atom stereocenters. The lowest BCUT2D eigenvalue weighted by Gasteiger charge is -2.32. The molecule has 1 saturated heterocycles. The van der Waals surface area contributed by atoms with Crippen molar-refractivity contribution in [2.24, 2.45) is 0 Å². The molecule has 1 aromatic rings. The predicted molar refractivity (Wildman–Crippen MR) is 84.4 cm³/mol. The number of rotatable bonds is 6. The second-order valence-electron chi connectivity index (χ2n) is 5.58. The maximum Gasteiger partial charge on any atom is 0.113 e. The number of hydrogen-bond donors (Lipinski definition) is 1. The van der Waals surface area contributed by atoms with Crippen molar-refractivity contribution in [1.29, 1.82) is 0 Å². The van der Waals surface area contributed by atoms with Crippen molar-refractivity contribution in [2.75, 3.05) is 39.9 Å². The molecule has 2 rings (SSSR count). The Morgan fingerprint density at radius 2 is 2.30 bits per heavy atom. The minimum atomic E-state index is 0.0430. The van der Waals surface area contributed by atoms with Crippen LogP contribution < -0.4 is 5.32 Å². The van der Waals surface area contributed by atoms with E-state index in [1.54, 1.807) is 18.4 Å². The van der Waals surface area contributed by atoms with Crippen LogP contribution in [0.1, 0.15) is 36.9 Å². The maximum absolute atomic E-state index is 5.20. The van der Waals surface area contributed by atoms with Gasteiger partial charge in [-0.3, -0.25) is 0 Å². The lowest BCUT2D eigenvalue weighted by atomic mass is 9.91. The molecule has 0 spiro atoms. The zero-order chi connectivity index (χ0) is 14.4. The van der Waals surface area contributed by atoms with Gasteiger partial charge in [0.2, 0.25) is 0 Å². The Bertz CT molecular complexity index is 410. The highest BCUT2D eigenvalue weighted by Gasteiger charge is 2.36. The summed E-state index contributed by atoms with van der Waals surface area (Å²) in [5.41, 5.74) is 1.18. The van der Waals surface area contributed by atoms with E-state index in [0.29, 0.717) is 0 Å². The fourth-order valence-electron chi connectivity index (χ4n) is 2.94. The van der Waals surface area contributed by atoms with Gasteiger partial charge in [-0.25, -0.2) is 4.98 Å². The Morgan fingerprint density at radius 1 is 1.45 bits per heavy atom. The molecule has 0 radical (unpaired) electrons. The van der Waals surface area contributed by atoms with Gasteiger partial charge in [0.1, 0.15) is 5.01 Å². The number of aromatic nitrogens is 1. The topological polar surface area (TPSA) is 37.4 Å². The first-order chi connectivity index (χ1) is 9.70. The molecule has 2 heterocycles. The molecule has 4 nitrogen and oxygen atoms in total. The van der Waals surface area contributed by atoms with E-state index in [1.807, 2.05) is 0 Å². The minimum Gasteiger partial charge on any atom is -0.383 e. The third-order valence-corrected chi connectivity index (χ3v) is 5.34. The van der Waals surface area contributed by atoms with E-state index in [1.165, 1.54) is 24.4 Å². The lowest BCUT2D eigenvalue weighted by molar-refractivity contribution is 0.176. The van der Waals surface area contributed by atoms with Gasteiger partial charge in [-0.2, -0.15) is 0 Å². The van der Waals surface area contributed by atoms with Crippen molar-refractivity contribution < 1.29 is 4.74 Å². The highest BCUT2D eigenvalue weighted by molar-refractivity contribution is 7.09. The summed E-state index contributed by atoms with van der Waals surface area (Å²) < 4.78 is 5.20. The van der Waals surface area contributed by atoms with E-state index in [2.05, 4.69) is 29.4 Å². The molecule has 1 aliphatic heterocycles. The van der Waals surface area contributed by atoms with Crippen molar-refractivity contribution >= 4 is 11.3 Å². The molecule has 1 unspecified atom stereocenters. The highest BCUT2D eigenvalue weighted by Crippen LogP contribution is 2.34. The zero-order valence-corrected chi connectivity index (χ0v) is 13.8. The Kier molecular flexibility index (Phi) is 5.96. The minimum absolute atomic E-state index is 0.0430. The van der Waals surface area contributed by atoms with Gasteiger partial charge in [-0.15, -0.1) is 11.3 Å². The molecular formula is C15H27N3OS. The molecule has 0 bridgehead atoms. The number of aryl methyl sites for hydroxylation is 1. The molecule has 1 aliphatic rings. The fraction of sp³-hybridized carbons (Fsp3) is 0.800. The van der Waals surface area contributed by atoms with Gasteiger partial charge in [0.15, 0.2) is 0 Å². The first kappa shape index (κ1) is 15.9. The molecule has 0 aromatic carbocycles. The fourth-order valence-corrected chi connectivity index (χ4v) is 3.97.